The van der Waals surface area contributed by atoms with Crippen LogP contribution in [0.4, 0.5) is 26.3 Å². The fraction of sp³-hybridized carbons (Fsp3) is 0.0909. The Morgan fingerprint density at radius 2 is 1.44 bits per heavy atom. The lowest BCUT2D eigenvalue weighted by Crippen LogP contribution is -2.11. The van der Waals surface area contributed by atoms with Crippen molar-refractivity contribution in [3.05, 3.63) is 89.6 Å². The minimum Gasteiger partial charge on any atom is -0.297 e. The topological polar surface area (TPSA) is 30.7 Å². The van der Waals surface area contributed by atoms with E-state index in [1.54, 1.807) is 30.3 Å². The van der Waals surface area contributed by atoms with Crippen molar-refractivity contribution in [3.63, 3.8) is 0 Å². The summed E-state index contributed by atoms with van der Waals surface area (Å²) in [6.45, 7) is 0. The number of benzene rings is 2. The molecular weight excluding hydrogens is 456 g/mol. The molecule has 0 fully saturated rings. The monoisotopic (exact) mass is 467 g/mol. The highest BCUT2D eigenvalue weighted by Gasteiger charge is 2.37. The zero-order valence-electron chi connectivity index (χ0n) is 15.9. The summed E-state index contributed by atoms with van der Waals surface area (Å²) in [5.41, 5.74) is -1.34. The largest absolute Gasteiger partial charge is 0.416 e. The zero-order valence-corrected chi connectivity index (χ0v) is 16.7. The van der Waals surface area contributed by atoms with Crippen LogP contribution in [0.1, 0.15) is 11.1 Å². The van der Waals surface area contributed by atoms with Crippen LogP contribution < -0.4 is 0 Å². The van der Waals surface area contributed by atoms with Gasteiger partial charge in [-0.05, 0) is 42.0 Å². The molecule has 0 saturated heterocycles. The Labute approximate surface area is 182 Å². The van der Waals surface area contributed by atoms with Crippen LogP contribution in [0.5, 0.6) is 0 Å². The van der Waals surface area contributed by atoms with Gasteiger partial charge in [0.2, 0.25) is 0 Å². The van der Waals surface area contributed by atoms with E-state index in [1.165, 1.54) is 29.5 Å². The summed E-state index contributed by atoms with van der Waals surface area (Å²) in [6, 6.07) is 9.94. The van der Waals surface area contributed by atoms with E-state index in [0.29, 0.717) is 34.0 Å². The van der Waals surface area contributed by atoms with Gasteiger partial charge in [-0.25, -0.2) is 4.98 Å². The molecular formula is C22H12ClF6N3. The van der Waals surface area contributed by atoms with E-state index < -0.39 is 23.5 Å². The molecule has 0 atom stereocenters. The second-order valence-electron chi connectivity index (χ2n) is 6.85. The van der Waals surface area contributed by atoms with Crippen LogP contribution in [0, 0.1) is 0 Å². The molecule has 32 heavy (non-hydrogen) atoms. The molecule has 0 amide bonds. The van der Waals surface area contributed by atoms with E-state index in [9.17, 15) is 26.3 Å². The van der Waals surface area contributed by atoms with Gasteiger partial charge in [0, 0.05) is 22.3 Å². The normalized spacial score (nSPS) is 12.2. The van der Waals surface area contributed by atoms with E-state index >= 15 is 0 Å². The van der Waals surface area contributed by atoms with Crippen LogP contribution in [0.3, 0.4) is 0 Å². The van der Waals surface area contributed by atoms with Gasteiger partial charge in [-0.3, -0.25) is 9.55 Å². The average molecular weight is 468 g/mol. The molecule has 0 radical (unpaired) electrons. The molecule has 0 saturated carbocycles. The summed E-state index contributed by atoms with van der Waals surface area (Å²) >= 11 is 6.07. The summed E-state index contributed by atoms with van der Waals surface area (Å²) in [5.74, 6) is 0. The number of hydrogen-bond acceptors (Lipinski definition) is 2. The summed E-state index contributed by atoms with van der Waals surface area (Å²) in [4.78, 5) is 8.01. The highest BCUT2D eigenvalue weighted by atomic mass is 35.5. The van der Waals surface area contributed by atoms with E-state index in [-0.39, 0.29) is 17.3 Å². The molecule has 2 aromatic carbocycles. The molecule has 0 unspecified atom stereocenters. The first-order chi connectivity index (χ1) is 15.0. The lowest BCUT2D eigenvalue weighted by Gasteiger charge is -2.16. The zero-order chi connectivity index (χ0) is 23.1. The third-order valence-electron chi connectivity index (χ3n) is 4.72. The number of hydrogen-bond donors (Lipinski definition) is 0. The maximum atomic E-state index is 13.3. The Kier molecular flexibility index (Phi) is 5.46. The van der Waals surface area contributed by atoms with Crippen LogP contribution in [0.25, 0.3) is 28.1 Å². The van der Waals surface area contributed by atoms with Crippen LogP contribution in [0.2, 0.25) is 5.02 Å². The molecule has 3 nitrogen and oxygen atoms in total. The molecule has 0 bridgehead atoms. The maximum Gasteiger partial charge on any atom is 0.416 e. The molecule has 164 valence electrons. The van der Waals surface area contributed by atoms with Gasteiger partial charge in [-0.15, -0.1) is 0 Å². The summed E-state index contributed by atoms with van der Waals surface area (Å²) in [6.07, 6.45) is -4.46. The van der Waals surface area contributed by atoms with Gasteiger partial charge < -0.3 is 0 Å². The fourth-order valence-electron chi connectivity index (χ4n) is 3.28. The second kappa shape index (κ2) is 7.98. The highest BCUT2D eigenvalue weighted by molar-refractivity contribution is 6.30. The molecule has 4 aromatic rings. The molecule has 0 aliphatic rings. The van der Waals surface area contributed by atoms with Gasteiger partial charge in [0.15, 0.2) is 0 Å². The highest BCUT2D eigenvalue weighted by Crippen LogP contribution is 2.39. The first-order valence-corrected chi connectivity index (χ1v) is 9.44. The molecule has 2 aromatic heterocycles. The molecule has 4 rings (SSSR count). The Morgan fingerprint density at radius 1 is 0.750 bits per heavy atom. The van der Waals surface area contributed by atoms with Gasteiger partial charge >= 0.3 is 12.4 Å². The van der Waals surface area contributed by atoms with Gasteiger partial charge in [0.05, 0.1) is 41.2 Å². The van der Waals surface area contributed by atoms with Crippen molar-refractivity contribution in [1.29, 1.82) is 0 Å². The predicted octanol–water partition coefficient (Wildman–Crippen LogP) is 7.29. The standard InChI is InChI=1S/C22H12ClF6N3/c23-17-3-1-2-13(8-17)18-4-5-30-11-20(18)32-12-31-10-19(32)14-6-15(21(24,25)26)9-16(7-14)22(27,28)29/h1-12H. The third-order valence-corrected chi connectivity index (χ3v) is 4.95. The van der Waals surface area contributed by atoms with Gasteiger partial charge in [0.25, 0.3) is 0 Å². The van der Waals surface area contributed by atoms with Crippen molar-refractivity contribution in [1.82, 2.24) is 14.5 Å². The molecule has 0 aliphatic heterocycles. The Hall–Kier alpha value is -3.33. The van der Waals surface area contributed by atoms with Crippen LogP contribution >= 0.6 is 11.6 Å². The Bertz CT molecular complexity index is 1240. The lowest BCUT2D eigenvalue weighted by atomic mass is 10.0. The third kappa shape index (κ3) is 4.34. The minimum absolute atomic E-state index is 0.0397. The van der Waals surface area contributed by atoms with Gasteiger partial charge in [0.1, 0.15) is 0 Å². The van der Waals surface area contributed by atoms with Gasteiger partial charge in [-0.2, -0.15) is 26.3 Å². The maximum absolute atomic E-state index is 13.3. The number of rotatable bonds is 3. The molecule has 0 aliphatic carbocycles. The Balaban J connectivity index is 1.92. The van der Waals surface area contributed by atoms with Crippen molar-refractivity contribution in [2.75, 3.05) is 0 Å². The van der Waals surface area contributed by atoms with E-state index in [4.69, 9.17) is 11.6 Å². The van der Waals surface area contributed by atoms with Gasteiger partial charge in [-0.1, -0.05) is 23.7 Å². The molecule has 2 heterocycles. The SMILES string of the molecule is FC(F)(F)c1cc(-c2cncn2-c2cnccc2-c2cccc(Cl)c2)cc(C(F)(F)F)c1. The van der Waals surface area contributed by atoms with E-state index in [2.05, 4.69) is 9.97 Å². The summed E-state index contributed by atoms with van der Waals surface area (Å²) in [5, 5.41) is 0.462. The lowest BCUT2D eigenvalue weighted by molar-refractivity contribution is -0.143. The smallest absolute Gasteiger partial charge is 0.297 e. The van der Waals surface area contributed by atoms with Crippen LogP contribution in [-0.2, 0) is 12.4 Å². The van der Waals surface area contributed by atoms with Crippen molar-refractivity contribution in [2.45, 2.75) is 12.4 Å². The van der Waals surface area contributed by atoms with E-state index in [0.717, 1.165) is 0 Å². The fourth-order valence-corrected chi connectivity index (χ4v) is 3.47. The Morgan fingerprint density at radius 3 is 2.06 bits per heavy atom. The minimum atomic E-state index is -4.96. The summed E-state index contributed by atoms with van der Waals surface area (Å²) < 4.78 is 81.3. The number of pyridine rings is 1. The number of halogens is 7. The van der Waals surface area contributed by atoms with Crippen molar-refractivity contribution in [2.24, 2.45) is 0 Å². The van der Waals surface area contributed by atoms with Crippen LogP contribution in [-0.4, -0.2) is 14.5 Å². The second-order valence-corrected chi connectivity index (χ2v) is 7.28. The first-order valence-electron chi connectivity index (χ1n) is 9.06. The number of alkyl halides is 6. The van der Waals surface area contributed by atoms with Crippen molar-refractivity contribution >= 4 is 11.6 Å². The van der Waals surface area contributed by atoms with Crippen molar-refractivity contribution in [3.8, 4) is 28.1 Å². The van der Waals surface area contributed by atoms with E-state index in [1.807, 2.05) is 0 Å². The number of imidazole rings is 1. The molecule has 10 heteroatoms. The summed E-state index contributed by atoms with van der Waals surface area (Å²) in [7, 11) is 0. The molecule has 0 spiro atoms. The molecule has 0 N–H and O–H groups in total. The predicted molar refractivity (Wildman–Crippen MR) is 107 cm³/mol. The number of aromatic nitrogens is 3. The first kappa shape index (κ1) is 21.9. The number of nitrogens with zero attached hydrogens (tertiary/aromatic N) is 3. The van der Waals surface area contributed by atoms with Crippen molar-refractivity contribution < 1.29 is 26.3 Å². The van der Waals surface area contributed by atoms with Crippen LogP contribution in [0.15, 0.2) is 73.4 Å². The quantitative estimate of drug-likeness (QED) is 0.296. The average Bonchev–Trinajstić information content (AvgIpc) is 3.22.